The molecular formula is C17H16N2O3. The second-order valence-electron chi connectivity index (χ2n) is 4.85. The van der Waals surface area contributed by atoms with E-state index in [4.69, 9.17) is 10.8 Å². The summed E-state index contributed by atoms with van der Waals surface area (Å²) in [6.07, 6.45) is 0. The fraction of sp³-hybridized carbons (Fsp3) is 0.0588. The fourth-order valence-corrected chi connectivity index (χ4v) is 1.99. The maximum Gasteiger partial charge on any atom is 0.292 e. The Morgan fingerprint density at radius 3 is 2.32 bits per heavy atom. The number of hydrogen-bond acceptors (Lipinski definition) is 4. The van der Waals surface area contributed by atoms with Crippen molar-refractivity contribution in [3.8, 4) is 5.75 Å². The van der Waals surface area contributed by atoms with Crippen molar-refractivity contribution in [3.63, 3.8) is 0 Å². The molecule has 3 N–H and O–H groups in total. The number of nitrogens with two attached hydrogens (primary N) is 1. The van der Waals surface area contributed by atoms with Crippen LogP contribution in [0.2, 0.25) is 0 Å². The number of rotatable bonds is 1. The molecule has 0 heterocycles. The van der Waals surface area contributed by atoms with Crippen LogP contribution in [0, 0.1) is 17.0 Å². The molecule has 0 saturated heterocycles. The van der Waals surface area contributed by atoms with E-state index in [1.807, 2.05) is 30.3 Å². The zero-order valence-electron chi connectivity index (χ0n) is 12.1. The molecule has 0 aliphatic heterocycles. The predicted octanol–water partition coefficient (Wildman–Crippen LogP) is 4.03. The van der Waals surface area contributed by atoms with E-state index < -0.39 is 4.92 Å². The van der Waals surface area contributed by atoms with Crippen LogP contribution < -0.4 is 5.73 Å². The fourth-order valence-electron chi connectivity index (χ4n) is 1.99. The molecule has 0 amide bonds. The number of phenolic OH excluding ortho intramolecular Hbond substituents is 1. The highest BCUT2D eigenvalue weighted by molar-refractivity contribution is 5.83. The second-order valence-corrected chi connectivity index (χ2v) is 4.85. The Bertz CT molecular complexity index is 816. The van der Waals surface area contributed by atoms with Gasteiger partial charge in [-0.2, -0.15) is 0 Å². The van der Waals surface area contributed by atoms with Gasteiger partial charge in [0.25, 0.3) is 5.69 Å². The number of phenols is 1. The van der Waals surface area contributed by atoms with Gasteiger partial charge >= 0.3 is 0 Å². The first-order valence-corrected chi connectivity index (χ1v) is 6.65. The van der Waals surface area contributed by atoms with Crippen molar-refractivity contribution in [2.75, 3.05) is 5.73 Å². The first kappa shape index (κ1) is 15.3. The Kier molecular flexibility index (Phi) is 4.58. The molecule has 0 aliphatic carbocycles. The Morgan fingerprint density at radius 1 is 1.00 bits per heavy atom. The van der Waals surface area contributed by atoms with Crippen molar-refractivity contribution in [2.24, 2.45) is 0 Å². The van der Waals surface area contributed by atoms with E-state index in [1.54, 1.807) is 25.1 Å². The summed E-state index contributed by atoms with van der Waals surface area (Å²) < 4.78 is 0. The molecule has 0 atom stereocenters. The lowest BCUT2D eigenvalue weighted by Gasteiger charge is -1.96. The van der Waals surface area contributed by atoms with Crippen LogP contribution in [0.15, 0.2) is 60.7 Å². The summed E-state index contributed by atoms with van der Waals surface area (Å²) >= 11 is 0. The van der Waals surface area contributed by atoms with E-state index in [0.717, 1.165) is 16.3 Å². The Balaban J connectivity index is 0.000000160. The van der Waals surface area contributed by atoms with Gasteiger partial charge in [0.2, 0.25) is 0 Å². The summed E-state index contributed by atoms with van der Waals surface area (Å²) in [6, 6.07) is 18.0. The number of aryl methyl sites for hydroxylation is 1. The van der Waals surface area contributed by atoms with E-state index >= 15 is 0 Å². The van der Waals surface area contributed by atoms with Gasteiger partial charge in [0.1, 0.15) is 11.4 Å². The quantitative estimate of drug-likeness (QED) is 0.403. The summed E-state index contributed by atoms with van der Waals surface area (Å²) in [6.45, 7) is 1.78. The highest BCUT2D eigenvalue weighted by atomic mass is 16.6. The van der Waals surface area contributed by atoms with Gasteiger partial charge in [0, 0.05) is 6.07 Å². The van der Waals surface area contributed by atoms with Crippen LogP contribution in [0.4, 0.5) is 11.4 Å². The summed E-state index contributed by atoms with van der Waals surface area (Å²) in [5.41, 5.74) is 6.37. The molecule has 0 fully saturated rings. The molecule has 3 rings (SSSR count). The molecule has 3 aromatic carbocycles. The average molecular weight is 296 g/mol. The third kappa shape index (κ3) is 3.73. The maximum atomic E-state index is 10.3. The molecule has 0 spiro atoms. The smallest absolute Gasteiger partial charge is 0.292 e. The van der Waals surface area contributed by atoms with Gasteiger partial charge in [-0.25, -0.2) is 0 Å². The molecule has 112 valence electrons. The van der Waals surface area contributed by atoms with Gasteiger partial charge in [0.15, 0.2) is 0 Å². The van der Waals surface area contributed by atoms with Gasteiger partial charge in [-0.3, -0.25) is 10.1 Å². The van der Waals surface area contributed by atoms with Gasteiger partial charge in [-0.1, -0.05) is 36.4 Å². The number of benzene rings is 3. The van der Waals surface area contributed by atoms with Crippen molar-refractivity contribution in [2.45, 2.75) is 6.92 Å². The third-order valence-electron chi connectivity index (χ3n) is 3.12. The Hall–Kier alpha value is -3.08. The van der Waals surface area contributed by atoms with Crippen molar-refractivity contribution < 1.29 is 10.0 Å². The van der Waals surface area contributed by atoms with Crippen LogP contribution >= 0.6 is 0 Å². The monoisotopic (exact) mass is 296 g/mol. The normalized spacial score (nSPS) is 9.86. The Labute approximate surface area is 127 Å². The molecule has 0 bridgehead atoms. The number of nitro benzene ring substituents is 1. The molecule has 0 radical (unpaired) electrons. The van der Waals surface area contributed by atoms with Crippen LogP contribution in [0.3, 0.4) is 0 Å². The summed E-state index contributed by atoms with van der Waals surface area (Å²) in [5.74, 6) is 0.323. The first-order valence-electron chi connectivity index (χ1n) is 6.65. The van der Waals surface area contributed by atoms with E-state index in [2.05, 4.69) is 0 Å². The molecule has 0 aromatic heterocycles. The van der Waals surface area contributed by atoms with Gasteiger partial charge in [-0.05, 0) is 41.5 Å². The molecule has 5 nitrogen and oxygen atoms in total. The number of aromatic hydroxyl groups is 1. The molecule has 3 aromatic rings. The molecular weight excluding hydrogens is 280 g/mol. The van der Waals surface area contributed by atoms with Crippen molar-refractivity contribution in [1.82, 2.24) is 0 Å². The molecule has 0 aliphatic rings. The average Bonchev–Trinajstić information content (AvgIpc) is 2.50. The zero-order valence-corrected chi connectivity index (χ0v) is 12.1. The summed E-state index contributed by atoms with van der Waals surface area (Å²) in [4.78, 5) is 9.82. The van der Waals surface area contributed by atoms with Crippen LogP contribution in [-0.2, 0) is 0 Å². The topological polar surface area (TPSA) is 89.4 Å². The zero-order chi connectivity index (χ0) is 16.1. The Morgan fingerprint density at radius 2 is 1.68 bits per heavy atom. The highest BCUT2D eigenvalue weighted by Crippen LogP contribution is 2.21. The van der Waals surface area contributed by atoms with E-state index in [1.165, 1.54) is 12.1 Å². The van der Waals surface area contributed by atoms with Crippen LogP contribution in [0.25, 0.3) is 10.8 Å². The standard InChI is InChI=1S/C10H8O.C7H8N2O2/c11-10-6-5-8-3-1-2-4-9(8)7-10;1-5-2-3-6(8)7(4-5)9(10)11/h1-7,11H;2-4H,8H2,1H3. The van der Waals surface area contributed by atoms with Crippen molar-refractivity contribution in [3.05, 3.63) is 76.3 Å². The van der Waals surface area contributed by atoms with Gasteiger partial charge < -0.3 is 10.8 Å². The molecule has 22 heavy (non-hydrogen) atoms. The minimum atomic E-state index is -0.484. The van der Waals surface area contributed by atoms with Crippen molar-refractivity contribution in [1.29, 1.82) is 0 Å². The lowest BCUT2D eigenvalue weighted by molar-refractivity contribution is -0.383. The summed E-state index contributed by atoms with van der Waals surface area (Å²) in [5, 5.41) is 21.7. The minimum Gasteiger partial charge on any atom is -0.508 e. The van der Waals surface area contributed by atoms with Gasteiger partial charge in [0.05, 0.1) is 4.92 Å². The third-order valence-corrected chi connectivity index (χ3v) is 3.12. The largest absolute Gasteiger partial charge is 0.508 e. The minimum absolute atomic E-state index is 0.0231. The van der Waals surface area contributed by atoms with Gasteiger partial charge in [-0.15, -0.1) is 0 Å². The number of nitro groups is 1. The van der Waals surface area contributed by atoms with Crippen LogP contribution in [0.1, 0.15) is 5.56 Å². The molecule has 5 heteroatoms. The lowest BCUT2D eigenvalue weighted by atomic mass is 10.1. The number of nitrogen functional groups attached to an aromatic ring is 1. The number of fused-ring (bicyclic) bond motifs is 1. The number of nitrogens with zero attached hydrogens (tertiary/aromatic N) is 1. The van der Waals surface area contributed by atoms with Crippen LogP contribution in [0.5, 0.6) is 5.75 Å². The summed E-state index contributed by atoms with van der Waals surface area (Å²) in [7, 11) is 0. The van der Waals surface area contributed by atoms with E-state index in [0.29, 0.717) is 5.75 Å². The molecule has 0 saturated carbocycles. The van der Waals surface area contributed by atoms with E-state index in [9.17, 15) is 10.1 Å². The molecule has 0 unspecified atom stereocenters. The highest BCUT2D eigenvalue weighted by Gasteiger charge is 2.09. The van der Waals surface area contributed by atoms with E-state index in [-0.39, 0.29) is 11.4 Å². The number of hydrogen-bond donors (Lipinski definition) is 2. The predicted molar refractivity (Wildman–Crippen MR) is 87.9 cm³/mol. The second kappa shape index (κ2) is 6.58. The number of anilines is 1. The van der Waals surface area contributed by atoms with Crippen molar-refractivity contribution >= 4 is 22.1 Å². The van der Waals surface area contributed by atoms with Crippen LogP contribution in [-0.4, -0.2) is 10.0 Å². The lowest BCUT2D eigenvalue weighted by Crippen LogP contribution is -1.95. The maximum absolute atomic E-state index is 10.3. The first-order chi connectivity index (χ1) is 10.5. The SMILES string of the molecule is Cc1ccc(N)c([N+](=O)[O-])c1.Oc1ccc2ccccc2c1.